The molecule has 0 amide bonds. The van der Waals surface area contributed by atoms with Gasteiger partial charge in [0.05, 0.1) is 12.0 Å². The number of rotatable bonds is 1. The molecule has 2 rings (SSSR count). The molecule has 1 heterocycles. The van der Waals surface area contributed by atoms with Crippen LogP contribution in [0.4, 0.5) is 5.69 Å². The summed E-state index contributed by atoms with van der Waals surface area (Å²) in [5.74, 6) is 0.946. The Morgan fingerprint density at radius 2 is 2.00 bits per heavy atom. The SMILES string of the molecule is CN(C)c1ccoc2cccc1-2. The Kier molecular flexibility index (Phi) is 1.54. The molecule has 0 aromatic heterocycles. The van der Waals surface area contributed by atoms with Crippen LogP contribution in [0, 0.1) is 0 Å². The number of hydrogen-bond donors (Lipinski definition) is 0. The van der Waals surface area contributed by atoms with E-state index in [9.17, 15) is 0 Å². The quantitative estimate of drug-likeness (QED) is 0.638. The van der Waals surface area contributed by atoms with Gasteiger partial charge in [0, 0.05) is 19.7 Å². The average Bonchev–Trinajstić information content (AvgIpc) is 2.49. The lowest BCUT2D eigenvalue weighted by Gasteiger charge is -2.15. The topological polar surface area (TPSA) is 16.4 Å². The molecule has 0 fully saturated rings. The molecule has 2 aliphatic rings. The van der Waals surface area contributed by atoms with Crippen LogP contribution < -0.4 is 4.90 Å². The maximum atomic E-state index is 5.32. The smallest absolute Gasteiger partial charge is 0.135 e. The second-order valence-corrected chi connectivity index (χ2v) is 3.00. The lowest BCUT2D eigenvalue weighted by Crippen LogP contribution is -2.09. The highest BCUT2D eigenvalue weighted by Gasteiger charge is 2.09. The fraction of sp³-hybridized carbons (Fsp3) is 0.200. The predicted molar refractivity (Wildman–Crippen MR) is 49.7 cm³/mol. The summed E-state index contributed by atoms with van der Waals surface area (Å²) in [5.41, 5.74) is 2.36. The Morgan fingerprint density at radius 1 is 1.17 bits per heavy atom. The highest BCUT2D eigenvalue weighted by Crippen LogP contribution is 2.31. The summed E-state index contributed by atoms with van der Waals surface area (Å²) in [7, 11) is 4.06. The number of hydrogen-bond acceptors (Lipinski definition) is 2. The monoisotopic (exact) mass is 161 g/mol. The van der Waals surface area contributed by atoms with E-state index < -0.39 is 0 Å². The zero-order chi connectivity index (χ0) is 8.55. The molecule has 0 N–H and O–H groups in total. The van der Waals surface area contributed by atoms with E-state index in [1.54, 1.807) is 6.26 Å². The molecule has 0 aromatic carbocycles. The highest BCUT2D eigenvalue weighted by molar-refractivity contribution is 5.76. The molecule has 0 radical (unpaired) electrons. The van der Waals surface area contributed by atoms with Crippen LogP contribution in [0.25, 0.3) is 11.3 Å². The predicted octanol–water partition coefficient (Wildman–Crippen LogP) is 2.45. The third kappa shape index (κ3) is 0.961. The van der Waals surface area contributed by atoms with Gasteiger partial charge in [-0.05, 0) is 18.2 Å². The Morgan fingerprint density at radius 3 is 2.75 bits per heavy atom. The summed E-state index contributed by atoms with van der Waals surface area (Å²) in [6.07, 6.45) is 1.72. The van der Waals surface area contributed by atoms with Crippen molar-refractivity contribution in [2.45, 2.75) is 0 Å². The third-order valence-electron chi connectivity index (χ3n) is 1.95. The molecule has 0 aromatic rings. The Labute approximate surface area is 71.8 Å². The third-order valence-corrected chi connectivity index (χ3v) is 1.95. The van der Waals surface area contributed by atoms with Gasteiger partial charge in [0.15, 0.2) is 0 Å². The van der Waals surface area contributed by atoms with Crippen molar-refractivity contribution >= 4 is 5.69 Å². The van der Waals surface area contributed by atoms with Gasteiger partial charge in [-0.25, -0.2) is 0 Å². The van der Waals surface area contributed by atoms with E-state index in [4.69, 9.17) is 4.42 Å². The molecule has 1 aliphatic carbocycles. The molecule has 12 heavy (non-hydrogen) atoms. The molecule has 62 valence electrons. The summed E-state index contributed by atoms with van der Waals surface area (Å²) >= 11 is 0. The van der Waals surface area contributed by atoms with Crippen molar-refractivity contribution in [3.8, 4) is 11.3 Å². The zero-order valence-electron chi connectivity index (χ0n) is 7.24. The van der Waals surface area contributed by atoms with Gasteiger partial charge in [0.2, 0.25) is 0 Å². The number of nitrogens with zero attached hydrogens (tertiary/aromatic N) is 1. The molecule has 1 aliphatic heterocycles. The summed E-state index contributed by atoms with van der Waals surface area (Å²) < 4.78 is 5.32. The van der Waals surface area contributed by atoms with Crippen molar-refractivity contribution in [2.24, 2.45) is 0 Å². The van der Waals surface area contributed by atoms with Crippen LogP contribution in [0.5, 0.6) is 0 Å². The first-order chi connectivity index (χ1) is 5.79. The summed E-state index contributed by atoms with van der Waals surface area (Å²) in [4.78, 5) is 2.08. The van der Waals surface area contributed by atoms with Crippen LogP contribution >= 0.6 is 0 Å². The maximum Gasteiger partial charge on any atom is 0.135 e. The van der Waals surface area contributed by atoms with E-state index in [0.717, 1.165) is 5.76 Å². The van der Waals surface area contributed by atoms with Gasteiger partial charge in [-0.2, -0.15) is 0 Å². The van der Waals surface area contributed by atoms with Gasteiger partial charge < -0.3 is 9.32 Å². The molecule has 0 spiro atoms. The molecule has 0 saturated carbocycles. The van der Waals surface area contributed by atoms with E-state index in [-0.39, 0.29) is 0 Å². The maximum absolute atomic E-state index is 5.32. The molecular weight excluding hydrogens is 150 g/mol. The van der Waals surface area contributed by atoms with Crippen LogP contribution in [0.2, 0.25) is 0 Å². The molecular formula is C10H11NO. The first kappa shape index (κ1) is 7.22. The normalized spacial score (nSPS) is 10.5. The summed E-state index contributed by atoms with van der Waals surface area (Å²) in [5, 5.41) is 0. The fourth-order valence-electron chi connectivity index (χ4n) is 1.37. The van der Waals surface area contributed by atoms with E-state index in [2.05, 4.69) is 11.0 Å². The van der Waals surface area contributed by atoms with Gasteiger partial charge in [0.1, 0.15) is 5.76 Å². The van der Waals surface area contributed by atoms with Crippen LogP contribution in [0.3, 0.4) is 0 Å². The first-order valence-corrected chi connectivity index (χ1v) is 3.92. The van der Waals surface area contributed by atoms with Gasteiger partial charge in [-0.15, -0.1) is 0 Å². The molecule has 2 heteroatoms. The standard InChI is InChI=1S/C10H11NO/c1-11(2)9-6-7-12-10-5-3-4-8(9)10/h3-7H,1-2H3. The fourth-order valence-corrected chi connectivity index (χ4v) is 1.37. The minimum Gasteiger partial charge on any atom is -0.464 e. The second kappa shape index (κ2) is 2.55. The van der Waals surface area contributed by atoms with Crippen LogP contribution in [0.15, 0.2) is 34.9 Å². The number of fused-ring (bicyclic) bond motifs is 1. The molecule has 2 nitrogen and oxygen atoms in total. The Balaban J connectivity index is 2.63. The van der Waals surface area contributed by atoms with Crippen molar-refractivity contribution in [2.75, 3.05) is 19.0 Å². The number of anilines is 1. The van der Waals surface area contributed by atoms with Crippen LogP contribution in [0.1, 0.15) is 0 Å². The summed E-state index contributed by atoms with van der Waals surface area (Å²) in [6, 6.07) is 8.01. The van der Waals surface area contributed by atoms with Gasteiger partial charge >= 0.3 is 0 Å². The minimum atomic E-state index is 0.946. The lowest BCUT2D eigenvalue weighted by atomic mass is 10.2. The van der Waals surface area contributed by atoms with Gasteiger partial charge in [-0.1, -0.05) is 6.07 Å². The lowest BCUT2D eigenvalue weighted by molar-refractivity contribution is 0.567. The van der Waals surface area contributed by atoms with E-state index in [0.29, 0.717) is 0 Å². The molecule has 0 atom stereocenters. The van der Waals surface area contributed by atoms with Crippen molar-refractivity contribution in [3.63, 3.8) is 0 Å². The van der Waals surface area contributed by atoms with Crippen molar-refractivity contribution in [1.82, 2.24) is 0 Å². The Bertz CT molecular complexity index is 351. The van der Waals surface area contributed by atoms with Crippen LogP contribution in [-0.2, 0) is 0 Å². The van der Waals surface area contributed by atoms with Gasteiger partial charge in [0.25, 0.3) is 0 Å². The van der Waals surface area contributed by atoms with Crippen molar-refractivity contribution in [3.05, 3.63) is 30.5 Å². The van der Waals surface area contributed by atoms with Crippen molar-refractivity contribution < 1.29 is 4.42 Å². The molecule has 0 bridgehead atoms. The van der Waals surface area contributed by atoms with E-state index in [1.807, 2.05) is 32.3 Å². The zero-order valence-corrected chi connectivity index (χ0v) is 7.24. The van der Waals surface area contributed by atoms with E-state index in [1.165, 1.54) is 11.3 Å². The first-order valence-electron chi connectivity index (χ1n) is 3.92. The molecule has 0 saturated heterocycles. The van der Waals surface area contributed by atoms with Gasteiger partial charge in [-0.3, -0.25) is 0 Å². The highest BCUT2D eigenvalue weighted by atomic mass is 16.3. The second-order valence-electron chi connectivity index (χ2n) is 3.00. The largest absolute Gasteiger partial charge is 0.464 e. The Hall–Kier alpha value is -1.44. The van der Waals surface area contributed by atoms with E-state index >= 15 is 0 Å². The average molecular weight is 161 g/mol. The van der Waals surface area contributed by atoms with Crippen molar-refractivity contribution in [1.29, 1.82) is 0 Å². The molecule has 0 unspecified atom stereocenters. The summed E-state index contributed by atoms with van der Waals surface area (Å²) in [6.45, 7) is 0. The minimum absolute atomic E-state index is 0.946. The van der Waals surface area contributed by atoms with Crippen LogP contribution in [-0.4, -0.2) is 14.1 Å².